The van der Waals surface area contributed by atoms with Crippen LogP contribution >= 0.6 is 0 Å². The highest BCUT2D eigenvalue weighted by Gasteiger charge is 2.21. The summed E-state index contributed by atoms with van der Waals surface area (Å²) in [6.45, 7) is 3.00. The van der Waals surface area contributed by atoms with Crippen molar-refractivity contribution in [1.82, 2.24) is 15.1 Å². The summed E-state index contributed by atoms with van der Waals surface area (Å²) in [4.78, 5) is 17.0. The second kappa shape index (κ2) is 8.90. The molecule has 0 radical (unpaired) electrons. The van der Waals surface area contributed by atoms with Crippen LogP contribution in [0.3, 0.4) is 0 Å². The summed E-state index contributed by atoms with van der Waals surface area (Å²) in [5, 5.41) is 7.62. The highest BCUT2D eigenvalue weighted by molar-refractivity contribution is 5.94. The number of aromatic amines is 1. The highest BCUT2D eigenvalue weighted by Crippen LogP contribution is 2.25. The molecule has 7 heteroatoms. The highest BCUT2D eigenvalue weighted by atomic mass is 16.5. The molecule has 0 aliphatic carbocycles. The summed E-state index contributed by atoms with van der Waals surface area (Å²) in [6.07, 6.45) is 0.895. The summed E-state index contributed by atoms with van der Waals surface area (Å²) in [5.74, 6) is 2.53. The van der Waals surface area contributed by atoms with Crippen molar-refractivity contribution in [3.63, 3.8) is 0 Å². The van der Waals surface area contributed by atoms with E-state index in [9.17, 15) is 4.79 Å². The van der Waals surface area contributed by atoms with Gasteiger partial charge in [-0.05, 0) is 60.5 Å². The summed E-state index contributed by atoms with van der Waals surface area (Å²) in [7, 11) is 3.28. The lowest BCUT2D eigenvalue weighted by Crippen LogP contribution is -2.35. The van der Waals surface area contributed by atoms with Crippen molar-refractivity contribution in [2.24, 2.45) is 0 Å². The lowest BCUT2D eigenvalue weighted by atomic mass is 10.1. The normalized spacial score (nSPS) is 14.3. The van der Waals surface area contributed by atoms with Crippen molar-refractivity contribution < 1.29 is 14.3 Å². The first-order chi connectivity index (χ1) is 14.7. The van der Waals surface area contributed by atoms with E-state index < -0.39 is 0 Å². The average Bonchev–Trinajstić information content (AvgIpc) is 3.17. The molecule has 4 rings (SSSR count). The molecule has 1 aliphatic rings. The standard InChI is InChI=1S/C23H26N4O3/c1-29-19-8-4-17(5-9-19)21-16-22(25-24-21)26-12-3-13-27(15-14-26)23(28)18-6-10-20(30-2)11-7-18/h4-11,16H,3,12-15H2,1-2H3,(H,24,25). The Hall–Kier alpha value is -3.48. The molecule has 0 bridgehead atoms. The van der Waals surface area contributed by atoms with Gasteiger partial charge in [-0.25, -0.2) is 0 Å². The number of carbonyl (C=O) groups is 1. The van der Waals surface area contributed by atoms with Crippen LogP contribution in [0.15, 0.2) is 54.6 Å². The number of benzene rings is 2. The molecule has 30 heavy (non-hydrogen) atoms. The maximum absolute atomic E-state index is 12.9. The average molecular weight is 406 g/mol. The molecule has 0 spiro atoms. The number of hydrogen-bond acceptors (Lipinski definition) is 5. The van der Waals surface area contributed by atoms with Gasteiger partial charge in [0.25, 0.3) is 5.91 Å². The molecule has 3 aromatic rings. The molecule has 1 fully saturated rings. The zero-order chi connectivity index (χ0) is 20.9. The summed E-state index contributed by atoms with van der Waals surface area (Å²) < 4.78 is 10.4. The Morgan fingerprint density at radius 3 is 2.23 bits per heavy atom. The predicted octanol–water partition coefficient (Wildman–Crippen LogP) is 3.45. The Labute approximate surface area is 176 Å². The van der Waals surface area contributed by atoms with Crippen molar-refractivity contribution in [3.05, 3.63) is 60.2 Å². The van der Waals surface area contributed by atoms with E-state index >= 15 is 0 Å². The number of aromatic nitrogens is 2. The van der Waals surface area contributed by atoms with Gasteiger partial charge in [0.15, 0.2) is 5.82 Å². The largest absolute Gasteiger partial charge is 0.497 e. The van der Waals surface area contributed by atoms with E-state index in [1.807, 2.05) is 53.4 Å². The topological polar surface area (TPSA) is 70.7 Å². The number of ether oxygens (including phenoxy) is 2. The summed E-state index contributed by atoms with van der Waals surface area (Å²) in [5.41, 5.74) is 2.70. The Kier molecular flexibility index (Phi) is 5.88. The Balaban J connectivity index is 1.41. The summed E-state index contributed by atoms with van der Waals surface area (Å²) in [6, 6.07) is 17.2. The van der Waals surface area contributed by atoms with Crippen molar-refractivity contribution in [1.29, 1.82) is 0 Å². The Morgan fingerprint density at radius 2 is 1.57 bits per heavy atom. The van der Waals surface area contributed by atoms with E-state index in [1.165, 1.54) is 0 Å². The van der Waals surface area contributed by atoms with Crippen LogP contribution in [0.2, 0.25) is 0 Å². The third-order valence-electron chi connectivity index (χ3n) is 5.41. The number of H-pyrrole nitrogens is 1. The quantitative estimate of drug-likeness (QED) is 0.703. The van der Waals surface area contributed by atoms with E-state index in [2.05, 4.69) is 21.2 Å². The molecule has 1 aromatic heterocycles. The van der Waals surface area contributed by atoms with Gasteiger partial charge in [-0.2, -0.15) is 5.10 Å². The molecular weight excluding hydrogens is 380 g/mol. The number of nitrogens with zero attached hydrogens (tertiary/aromatic N) is 3. The minimum Gasteiger partial charge on any atom is -0.497 e. The molecule has 1 saturated heterocycles. The number of nitrogens with one attached hydrogen (secondary N) is 1. The van der Waals surface area contributed by atoms with Gasteiger partial charge in [-0.15, -0.1) is 0 Å². The van der Waals surface area contributed by atoms with Gasteiger partial charge in [-0.3, -0.25) is 9.89 Å². The molecule has 156 valence electrons. The number of amides is 1. The fourth-order valence-electron chi connectivity index (χ4n) is 3.66. The van der Waals surface area contributed by atoms with Crippen LogP contribution in [-0.2, 0) is 0 Å². The maximum atomic E-state index is 12.9. The third kappa shape index (κ3) is 4.25. The second-order valence-electron chi connectivity index (χ2n) is 7.23. The minimum atomic E-state index is 0.0560. The lowest BCUT2D eigenvalue weighted by Gasteiger charge is -2.22. The van der Waals surface area contributed by atoms with Crippen LogP contribution in [-0.4, -0.2) is 61.4 Å². The van der Waals surface area contributed by atoms with Crippen LogP contribution in [0.4, 0.5) is 5.82 Å². The molecule has 7 nitrogen and oxygen atoms in total. The van der Waals surface area contributed by atoms with Gasteiger partial charge in [0.1, 0.15) is 11.5 Å². The van der Waals surface area contributed by atoms with Gasteiger partial charge in [0.2, 0.25) is 0 Å². The van der Waals surface area contributed by atoms with Gasteiger partial charge in [-0.1, -0.05) is 0 Å². The number of anilines is 1. The second-order valence-corrected chi connectivity index (χ2v) is 7.23. The van der Waals surface area contributed by atoms with Crippen molar-refractivity contribution in [2.75, 3.05) is 45.3 Å². The number of hydrogen-bond donors (Lipinski definition) is 1. The number of carbonyl (C=O) groups excluding carboxylic acids is 1. The summed E-state index contributed by atoms with van der Waals surface area (Å²) >= 11 is 0. The number of rotatable bonds is 5. The molecular formula is C23H26N4O3. The fourth-order valence-corrected chi connectivity index (χ4v) is 3.66. The molecule has 1 N–H and O–H groups in total. The SMILES string of the molecule is COc1ccc(C(=O)N2CCCN(c3cc(-c4ccc(OC)cc4)[nH]n3)CC2)cc1. The van der Waals surface area contributed by atoms with E-state index in [4.69, 9.17) is 9.47 Å². The van der Waals surface area contributed by atoms with E-state index in [0.29, 0.717) is 12.1 Å². The molecule has 2 heterocycles. The number of methoxy groups -OCH3 is 2. The van der Waals surface area contributed by atoms with Crippen LogP contribution in [0.25, 0.3) is 11.3 Å². The zero-order valence-electron chi connectivity index (χ0n) is 17.3. The molecule has 1 amide bonds. The van der Waals surface area contributed by atoms with Crippen LogP contribution < -0.4 is 14.4 Å². The van der Waals surface area contributed by atoms with Crippen molar-refractivity contribution >= 4 is 11.7 Å². The molecule has 1 aliphatic heterocycles. The van der Waals surface area contributed by atoms with Crippen molar-refractivity contribution in [3.8, 4) is 22.8 Å². The Bertz CT molecular complexity index is 982. The fraction of sp³-hybridized carbons (Fsp3) is 0.304. The van der Waals surface area contributed by atoms with Gasteiger partial charge >= 0.3 is 0 Å². The van der Waals surface area contributed by atoms with E-state index in [0.717, 1.165) is 54.6 Å². The van der Waals surface area contributed by atoms with Gasteiger partial charge in [0, 0.05) is 37.8 Å². The first kappa shape index (κ1) is 19.8. The van der Waals surface area contributed by atoms with Gasteiger partial charge in [0.05, 0.1) is 19.9 Å². The smallest absolute Gasteiger partial charge is 0.253 e. The molecule has 0 saturated carbocycles. The minimum absolute atomic E-state index is 0.0560. The van der Waals surface area contributed by atoms with E-state index in [1.54, 1.807) is 14.2 Å². The Morgan fingerprint density at radius 1 is 0.900 bits per heavy atom. The molecule has 0 unspecified atom stereocenters. The van der Waals surface area contributed by atoms with E-state index in [-0.39, 0.29) is 5.91 Å². The lowest BCUT2D eigenvalue weighted by molar-refractivity contribution is 0.0767. The van der Waals surface area contributed by atoms with Crippen LogP contribution in [0.1, 0.15) is 16.8 Å². The van der Waals surface area contributed by atoms with Crippen molar-refractivity contribution in [2.45, 2.75) is 6.42 Å². The first-order valence-electron chi connectivity index (χ1n) is 10.1. The first-order valence-corrected chi connectivity index (χ1v) is 10.1. The molecule has 0 atom stereocenters. The van der Waals surface area contributed by atoms with Gasteiger partial charge < -0.3 is 19.3 Å². The monoisotopic (exact) mass is 406 g/mol. The molecule has 2 aromatic carbocycles. The third-order valence-corrected chi connectivity index (χ3v) is 5.41. The van der Waals surface area contributed by atoms with Crippen LogP contribution in [0, 0.1) is 0 Å². The van der Waals surface area contributed by atoms with Crippen LogP contribution in [0.5, 0.6) is 11.5 Å². The predicted molar refractivity (Wildman–Crippen MR) is 116 cm³/mol. The zero-order valence-corrected chi connectivity index (χ0v) is 17.3. The maximum Gasteiger partial charge on any atom is 0.253 e.